The third-order valence-electron chi connectivity index (χ3n) is 4.46. The Morgan fingerprint density at radius 1 is 1.07 bits per heavy atom. The Bertz CT molecular complexity index is 662. The molecule has 0 aliphatic carbocycles. The van der Waals surface area contributed by atoms with Crippen molar-refractivity contribution in [3.8, 4) is 5.88 Å². The molecule has 1 aromatic rings. The summed E-state index contributed by atoms with van der Waals surface area (Å²) in [7, 11) is 0. The van der Waals surface area contributed by atoms with E-state index in [0.717, 1.165) is 0 Å². The van der Waals surface area contributed by atoms with Gasteiger partial charge in [0.25, 0.3) is 12.3 Å². The predicted molar refractivity (Wildman–Crippen MR) is 91.0 cm³/mol. The molecule has 0 bridgehead atoms. The number of alkyl halides is 2. The number of rotatable bonds is 4. The summed E-state index contributed by atoms with van der Waals surface area (Å²) in [4.78, 5) is 34.1. The summed E-state index contributed by atoms with van der Waals surface area (Å²) in [6, 6.07) is 2.84. The average Bonchev–Trinajstić information content (AvgIpc) is 2.72. The minimum Gasteiger partial charge on any atom is -0.472 e. The second-order valence-corrected chi connectivity index (χ2v) is 6.25. The van der Waals surface area contributed by atoms with Crippen LogP contribution in [-0.2, 0) is 4.74 Å². The van der Waals surface area contributed by atoms with Crippen LogP contribution >= 0.6 is 0 Å². The minimum absolute atomic E-state index is 0.0118. The molecule has 27 heavy (non-hydrogen) atoms. The summed E-state index contributed by atoms with van der Waals surface area (Å²) in [6.45, 7) is 3.18. The summed E-state index contributed by atoms with van der Waals surface area (Å²) >= 11 is 0. The van der Waals surface area contributed by atoms with Crippen LogP contribution in [0.2, 0.25) is 0 Å². The molecule has 0 N–H and O–H groups in total. The van der Waals surface area contributed by atoms with E-state index >= 15 is 0 Å². The molecule has 3 amide bonds. The van der Waals surface area contributed by atoms with Gasteiger partial charge in [0, 0.05) is 57.1 Å². The first-order valence-corrected chi connectivity index (χ1v) is 8.82. The molecule has 2 aliphatic heterocycles. The highest BCUT2D eigenvalue weighted by atomic mass is 19.3. The number of halogens is 2. The van der Waals surface area contributed by atoms with Gasteiger partial charge in [-0.3, -0.25) is 4.79 Å². The van der Waals surface area contributed by atoms with Gasteiger partial charge in [-0.05, 0) is 6.07 Å². The Labute approximate surface area is 155 Å². The number of carbonyl (C=O) groups excluding carboxylic acids is 2. The highest BCUT2D eigenvalue weighted by Crippen LogP contribution is 2.15. The molecule has 8 nitrogen and oxygen atoms in total. The van der Waals surface area contributed by atoms with Gasteiger partial charge in [0.1, 0.15) is 0 Å². The molecule has 0 radical (unpaired) electrons. The third kappa shape index (κ3) is 5.03. The Kier molecular flexibility index (Phi) is 6.38. The molecule has 2 saturated heterocycles. The quantitative estimate of drug-likeness (QED) is 0.772. The van der Waals surface area contributed by atoms with Crippen molar-refractivity contribution in [3.05, 3.63) is 23.9 Å². The molecule has 2 fully saturated rings. The van der Waals surface area contributed by atoms with Crippen LogP contribution in [-0.4, -0.2) is 97.1 Å². The second-order valence-electron chi connectivity index (χ2n) is 6.25. The van der Waals surface area contributed by atoms with E-state index in [1.165, 1.54) is 18.3 Å². The van der Waals surface area contributed by atoms with Gasteiger partial charge in [0.15, 0.2) is 6.61 Å². The summed E-state index contributed by atoms with van der Waals surface area (Å²) in [5.41, 5.74) is 0.322. The lowest BCUT2D eigenvalue weighted by molar-refractivity contribution is 0.0362. The molecule has 0 unspecified atom stereocenters. The highest BCUT2D eigenvalue weighted by molar-refractivity contribution is 5.94. The van der Waals surface area contributed by atoms with Crippen LogP contribution in [0, 0.1) is 0 Å². The largest absolute Gasteiger partial charge is 0.472 e. The lowest BCUT2D eigenvalue weighted by Gasteiger charge is -2.38. The summed E-state index contributed by atoms with van der Waals surface area (Å²) in [5.74, 6) is -0.250. The predicted octanol–water partition coefficient (Wildman–Crippen LogP) is 0.935. The molecule has 148 valence electrons. The summed E-state index contributed by atoms with van der Waals surface area (Å²) < 4.78 is 34.6. The molecule has 1 aromatic heterocycles. The number of urea groups is 1. The number of aromatic nitrogens is 1. The lowest BCUT2D eigenvalue weighted by atomic mass is 10.2. The molecule has 2 aliphatic rings. The van der Waals surface area contributed by atoms with Gasteiger partial charge in [0.05, 0.1) is 13.2 Å². The zero-order valence-electron chi connectivity index (χ0n) is 14.9. The van der Waals surface area contributed by atoms with E-state index in [2.05, 4.69) is 4.98 Å². The Hall–Kier alpha value is -2.49. The van der Waals surface area contributed by atoms with Gasteiger partial charge >= 0.3 is 6.03 Å². The number of hydrogen-bond donors (Lipinski definition) is 0. The maximum atomic E-state index is 12.6. The Morgan fingerprint density at radius 2 is 1.70 bits per heavy atom. The molecule has 3 rings (SSSR count). The molecule has 0 saturated carbocycles. The minimum atomic E-state index is -2.61. The summed E-state index contributed by atoms with van der Waals surface area (Å²) in [5, 5.41) is 0. The van der Waals surface area contributed by atoms with E-state index in [-0.39, 0.29) is 17.8 Å². The topological polar surface area (TPSA) is 75.2 Å². The number of morpholine rings is 1. The first kappa shape index (κ1) is 19.3. The monoisotopic (exact) mass is 384 g/mol. The van der Waals surface area contributed by atoms with Gasteiger partial charge < -0.3 is 24.2 Å². The number of carbonyl (C=O) groups is 2. The molecule has 0 spiro atoms. The molecule has 0 aromatic carbocycles. The fraction of sp³-hybridized carbons (Fsp3) is 0.588. The van der Waals surface area contributed by atoms with Crippen LogP contribution in [0.5, 0.6) is 5.88 Å². The Morgan fingerprint density at radius 3 is 2.37 bits per heavy atom. The van der Waals surface area contributed by atoms with Crippen molar-refractivity contribution >= 4 is 11.9 Å². The van der Waals surface area contributed by atoms with Crippen molar-refractivity contribution in [2.75, 3.05) is 59.1 Å². The fourth-order valence-electron chi connectivity index (χ4n) is 3.01. The number of piperazine rings is 1. The van der Waals surface area contributed by atoms with E-state index in [0.29, 0.717) is 58.0 Å². The van der Waals surface area contributed by atoms with E-state index in [1.807, 2.05) is 0 Å². The van der Waals surface area contributed by atoms with Crippen LogP contribution in [0.1, 0.15) is 10.4 Å². The van der Waals surface area contributed by atoms with Gasteiger partial charge in [-0.25, -0.2) is 18.6 Å². The first-order chi connectivity index (χ1) is 13.0. The highest BCUT2D eigenvalue weighted by Gasteiger charge is 2.28. The maximum absolute atomic E-state index is 12.6. The number of pyridine rings is 1. The zero-order valence-corrected chi connectivity index (χ0v) is 14.9. The van der Waals surface area contributed by atoms with E-state index in [1.54, 1.807) is 14.7 Å². The zero-order chi connectivity index (χ0) is 19.2. The van der Waals surface area contributed by atoms with Crippen molar-refractivity contribution in [1.29, 1.82) is 0 Å². The van der Waals surface area contributed by atoms with E-state index < -0.39 is 13.0 Å². The van der Waals surface area contributed by atoms with Crippen LogP contribution in [0.25, 0.3) is 0 Å². The SMILES string of the molecule is O=C(c1ccnc(OCC(F)F)c1)N1CCN(C(=O)N2CCOCC2)CC1. The fourth-order valence-corrected chi connectivity index (χ4v) is 3.01. The standard InChI is InChI=1S/C17H22F2N4O4/c18-14(19)12-27-15-11-13(1-2-20-15)16(24)21-3-5-22(6-4-21)17(25)23-7-9-26-10-8-23/h1-2,11,14H,3-10,12H2. The molecular formula is C17H22F2N4O4. The van der Waals surface area contributed by atoms with Crippen LogP contribution in [0.15, 0.2) is 18.3 Å². The molecule has 10 heteroatoms. The van der Waals surface area contributed by atoms with Crippen LogP contribution < -0.4 is 4.74 Å². The van der Waals surface area contributed by atoms with Crippen LogP contribution in [0.4, 0.5) is 13.6 Å². The molecule has 3 heterocycles. The number of amides is 3. The van der Waals surface area contributed by atoms with Gasteiger partial charge in [0.2, 0.25) is 5.88 Å². The van der Waals surface area contributed by atoms with Crippen molar-refractivity contribution in [2.24, 2.45) is 0 Å². The van der Waals surface area contributed by atoms with E-state index in [4.69, 9.17) is 9.47 Å². The van der Waals surface area contributed by atoms with Crippen molar-refractivity contribution in [3.63, 3.8) is 0 Å². The lowest BCUT2D eigenvalue weighted by Crippen LogP contribution is -2.55. The number of hydrogen-bond acceptors (Lipinski definition) is 5. The van der Waals surface area contributed by atoms with E-state index in [9.17, 15) is 18.4 Å². The normalized spacial score (nSPS) is 18.0. The maximum Gasteiger partial charge on any atom is 0.320 e. The van der Waals surface area contributed by atoms with Gasteiger partial charge in [-0.1, -0.05) is 0 Å². The third-order valence-corrected chi connectivity index (χ3v) is 4.46. The summed E-state index contributed by atoms with van der Waals surface area (Å²) in [6.07, 6.45) is -1.25. The second kappa shape index (κ2) is 8.94. The molecular weight excluding hydrogens is 362 g/mol. The van der Waals surface area contributed by atoms with Crippen LogP contribution in [0.3, 0.4) is 0 Å². The smallest absolute Gasteiger partial charge is 0.320 e. The molecule has 0 atom stereocenters. The van der Waals surface area contributed by atoms with Gasteiger partial charge in [-0.2, -0.15) is 0 Å². The van der Waals surface area contributed by atoms with Crippen molar-refractivity contribution < 1.29 is 27.8 Å². The average molecular weight is 384 g/mol. The van der Waals surface area contributed by atoms with Crippen molar-refractivity contribution in [2.45, 2.75) is 6.43 Å². The number of nitrogens with zero attached hydrogens (tertiary/aromatic N) is 4. The van der Waals surface area contributed by atoms with Gasteiger partial charge in [-0.15, -0.1) is 0 Å². The number of ether oxygens (including phenoxy) is 2. The first-order valence-electron chi connectivity index (χ1n) is 8.82. The Balaban J connectivity index is 1.53. The van der Waals surface area contributed by atoms with Crippen molar-refractivity contribution in [1.82, 2.24) is 19.7 Å².